The topological polar surface area (TPSA) is 68.3 Å². The first-order valence-electron chi connectivity index (χ1n) is 9.87. The van der Waals surface area contributed by atoms with Gasteiger partial charge in [0.15, 0.2) is 0 Å². The fourth-order valence-corrected chi connectivity index (χ4v) is 3.76. The molecule has 30 heavy (non-hydrogen) atoms. The normalized spacial score (nSPS) is 14.8. The van der Waals surface area contributed by atoms with Crippen molar-refractivity contribution < 1.29 is 9.47 Å². The van der Waals surface area contributed by atoms with Crippen molar-refractivity contribution >= 4 is 28.2 Å². The Labute approximate surface area is 174 Å². The SMILES string of the molecule is COc1cccc2c1C(Nc1ccc3cc(Nc4cccc(C)n4)ccc3n1)CO2. The molecule has 6 nitrogen and oxygen atoms in total. The molecule has 1 aliphatic rings. The molecule has 0 fully saturated rings. The smallest absolute Gasteiger partial charge is 0.130 e. The Kier molecular flexibility index (Phi) is 4.59. The van der Waals surface area contributed by atoms with Crippen molar-refractivity contribution in [2.45, 2.75) is 13.0 Å². The molecule has 5 rings (SSSR count). The van der Waals surface area contributed by atoms with Crippen molar-refractivity contribution in [1.82, 2.24) is 9.97 Å². The van der Waals surface area contributed by atoms with E-state index in [9.17, 15) is 0 Å². The van der Waals surface area contributed by atoms with Gasteiger partial charge >= 0.3 is 0 Å². The van der Waals surface area contributed by atoms with Gasteiger partial charge in [-0.1, -0.05) is 12.1 Å². The first kappa shape index (κ1) is 18.2. The molecule has 0 saturated heterocycles. The highest BCUT2D eigenvalue weighted by Gasteiger charge is 2.28. The van der Waals surface area contributed by atoms with E-state index < -0.39 is 0 Å². The first-order chi connectivity index (χ1) is 14.7. The molecule has 2 aromatic carbocycles. The lowest BCUT2D eigenvalue weighted by molar-refractivity contribution is 0.339. The van der Waals surface area contributed by atoms with Gasteiger partial charge < -0.3 is 20.1 Å². The summed E-state index contributed by atoms with van der Waals surface area (Å²) >= 11 is 0. The van der Waals surface area contributed by atoms with Crippen molar-refractivity contribution in [3.63, 3.8) is 0 Å². The molecule has 0 amide bonds. The van der Waals surface area contributed by atoms with Crippen LogP contribution in [-0.2, 0) is 0 Å². The van der Waals surface area contributed by atoms with Gasteiger partial charge in [0.05, 0.1) is 24.2 Å². The highest BCUT2D eigenvalue weighted by molar-refractivity contribution is 5.84. The third-order valence-corrected chi connectivity index (χ3v) is 5.17. The predicted molar refractivity (Wildman–Crippen MR) is 119 cm³/mol. The molecule has 6 heteroatoms. The van der Waals surface area contributed by atoms with E-state index in [0.717, 1.165) is 51.0 Å². The summed E-state index contributed by atoms with van der Waals surface area (Å²) in [6.45, 7) is 2.52. The first-order valence-corrected chi connectivity index (χ1v) is 9.87. The van der Waals surface area contributed by atoms with Crippen LogP contribution in [0.15, 0.2) is 66.7 Å². The predicted octanol–water partition coefficient (Wildman–Crippen LogP) is 5.24. The van der Waals surface area contributed by atoms with Crippen LogP contribution in [0.1, 0.15) is 17.3 Å². The summed E-state index contributed by atoms with van der Waals surface area (Å²) < 4.78 is 11.3. The molecular weight excluding hydrogens is 376 g/mol. The zero-order valence-electron chi connectivity index (χ0n) is 16.8. The number of nitrogens with zero attached hydrogens (tertiary/aromatic N) is 2. The zero-order chi connectivity index (χ0) is 20.5. The Balaban J connectivity index is 1.38. The van der Waals surface area contributed by atoms with Crippen LogP contribution in [0.2, 0.25) is 0 Å². The van der Waals surface area contributed by atoms with E-state index in [0.29, 0.717) is 6.61 Å². The minimum absolute atomic E-state index is 0.00515. The average molecular weight is 398 g/mol. The Morgan fingerprint density at radius 1 is 0.967 bits per heavy atom. The zero-order valence-corrected chi connectivity index (χ0v) is 16.8. The monoisotopic (exact) mass is 398 g/mol. The van der Waals surface area contributed by atoms with E-state index in [1.165, 1.54) is 0 Å². The maximum absolute atomic E-state index is 5.81. The van der Waals surface area contributed by atoms with Crippen molar-refractivity contribution in [2.75, 3.05) is 24.4 Å². The standard InChI is InChI=1S/C24H22N4O2/c1-15-5-3-8-22(25-15)26-17-10-11-18-16(13-17)9-12-23(27-18)28-19-14-30-21-7-4-6-20(29-2)24(19)21/h3-13,19H,14H2,1-2H3,(H,25,26)(H,27,28). The molecule has 0 spiro atoms. The number of methoxy groups -OCH3 is 1. The number of pyridine rings is 2. The van der Waals surface area contributed by atoms with Crippen LogP contribution in [0.25, 0.3) is 10.9 Å². The summed E-state index contributed by atoms with van der Waals surface area (Å²) in [6.07, 6.45) is 0. The third-order valence-electron chi connectivity index (χ3n) is 5.17. The molecule has 150 valence electrons. The summed E-state index contributed by atoms with van der Waals surface area (Å²) in [5.41, 5.74) is 3.91. The maximum atomic E-state index is 5.81. The Bertz CT molecular complexity index is 1220. The van der Waals surface area contributed by atoms with Crippen LogP contribution in [0.5, 0.6) is 11.5 Å². The summed E-state index contributed by atoms with van der Waals surface area (Å²) in [4.78, 5) is 9.27. The number of aromatic nitrogens is 2. The van der Waals surface area contributed by atoms with Crippen LogP contribution < -0.4 is 20.1 Å². The lowest BCUT2D eigenvalue weighted by Crippen LogP contribution is -2.13. The van der Waals surface area contributed by atoms with E-state index in [2.05, 4.69) is 27.8 Å². The molecule has 4 aromatic rings. The molecule has 0 aliphatic carbocycles. The summed E-state index contributed by atoms with van der Waals surface area (Å²) in [6, 6.07) is 21.9. The van der Waals surface area contributed by atoms with Crippen molar-refractivity contribution in [1.29, 1.82) is 0 Å². The van der Waals surface area contributed by atoms with E-state index in [1.54, 1.807) is 7.11 Å². The summed E-state index contributed by atoms with van der Waals surface area (Å²) in [5.74, 6) is 3.31. The van der Waals surface area contributed by atoms with Crippen molar-refractivity contribution in [3.05, 3.63) is 78.0 Å². The second-order valence-corrected chi connectivity index (χ2v) is 7.27. The Morgan fingerprint density at radius 3 is 2.73 bits per heavy atom. The van der Waals surface area contributed by atoms with Gasteiger partial charge in [-0.3, -0.25) is 0 Å². The van der Waals surface area contributed by atoms with E-state index in [4.69, 9.17) is 14.5 Å². The fraction of sp³-hybridized carbons (Fsp3) is 0.167. The third kappa shape index (κ3) is 3.48. The van der Waals surface area contributed by atoms with Gasteiger partial charge in [0, 0.05) is 16.8 Å². The Morgan fingerprint density at radius 2 is 1.87 bits per heavy atom. The largest absolute Gasteiger partial charge is 0.496 e. The summed E-state index contributed by atoms with van der Waals surface area (Å²) in [7, 11) is 1.68. The van der Waals surface area contributed by atoms with E-state index in [1.807, 2.05) is 61.5 Å². The van der Waals surface area contributed by atoms with Crippen LogP contribution in [0.3, 0.4) is 0 Å². The molecular formula is C24H22N4O2. The average Bonchev–Trinajstić information content (AvgIpc) is 3.17. The van der Waals surface area contributed by atoms with Crippen LogP contribution in [0, 0.1) is 6.92 Å². The quantitative estimate of drug-likeness (QED) is 0.479. The van der Waals surface area contributed by atoms with Gasteiger partial charge in [-0.25, -0.2) is 9.97 Å². The second-order valence-electron chi connectivity index (χ2n) is 7.27. The lowest BCUT2D eigenvalue weighted by Gasteiger charge is -2.15. The number of aryl methyl sites for hydroxylation is 1. The molecule has 2 N–H and O–H groups in total. The van der Waals surface area contributed by atoms with Gasteiger partial charge in [-0.05, 0) is 61.5 Å². The number of ether oxygens (including phenoxy) is 2. The molecule has 0 bridgehead atoms. The van der Waals surface area contributed by atoms with Gasteiger partial charge in [-0.2, -0.15) is 0 Å². The number of rotatable bonds is 5. The van der Waals surface area contributed by atoms with E-state index in [-0.39, 0.29) is 6.04 Å². The number of nitrogens with one attached hydrogen (secondary N) is 2. The lowest BCUT2D eigenvalue weighted by atomic mass is 10.1. The number of benzene rings is 2. The molecule has 2 aromatic heterocycles. The molecule has 0 radical (unpaired) electrons. The fourth-order valence-electron chi connectivity index (χ4n) is 3.76. The maximum Gasteiger partial charge on any atom is 0.130 e. The van der Waals surface area contributed by atoms with E-state index >= 15 is 0 Å². The van der Waals surface area contributed by atoms with Crippen LogP contribution in [0.4, 0.5) is 17.3 Å². The molecule has 1 aliphatic heterocycles. The number of fused-ring (bicyclic) bond motifs is 2. The number of hydrogen-bond donors (Lipinski definition) is 2. The number of hydrogen-bond acceptors (Lipinski definition) is 6. The number of anilines is 3. The van der Waals surface area contributed by atoms with Crippen LogP contribution >= 0.6 is 0 Å². The highest BCUT2D eigenvalue weighted by Crippen LogP contribution is 2.40. The molecule has 1 atom stereocenters. The van der Waals surface area contributed by atoms with Gasteiger partial charge in [0.25, 0.3) is 0 Å². The Hall–Kier alpha value is -3.80. The van der Waals surface area contributed by atoms with Gasteiger partial charge in [0.2, 0.25) is 0 Å². The molecule has 1 unspecified atom stereocenters. The van der Waals surface area contributed by atoms with Crippen molar-refractivity contribution in [2.24, 2.45) is 0 Å². The van der Waals surface area contributed by atoms with Crippen LogP contribution in [-0.4, -0.2) is 23.7 Å². The highest BCUT2D eigenvalue weighted by atomic mass is 16.5. The minimum atomic E-state index is -0.00515. The molecule has 3 heterocycles. The van der Waals surface area contributed by atoms with Gasteiger partial charge in [-0.15, -0.1) is 0 Å². The second kappa shape index (κ2) is 7.55. The minimum Gasteiger partial charge on any atom is -0.496 e. The van der Waals surface area contributed by atoms with Crippen molar-refractivity contribution in [3.8, 4) is 11.5 Å². The van der Waals surface area contributed by atoms with Gasteiger partial charge in [0.1, 0.15) is 29.7 Å². The summed E-state index contributed by atoms with van der Waals surface area (Å²) in [5, 5.41) is 7.89. The molecule has 0 saturated carbocycles.